The fraction of sp³-hybridized carbons (Fsp3) is 0.0833. The molecule has 0 amide bonds. The molecule has 14 heavy (non-hydrogen) atoms. The van der Waals surface area contributed by atoms with Gasteiger partial charge in [-0.15, -0.1) is 0 Å². The minimum atomic E-state index is 0.734. The van der Waals surface area contributed by atoms with E-state index >= 15 is 0 Å². The summed E-state index contributed by atoms with van der Waals surface area (Å²) in [5.74, 6) is 0. The summed E-state index contributed by atoms with van der Waals surface area (Å²) in [7, 11) is 0. The van der Waals surface area contributed by atoms with Crippen molar-refractivity contribution in [2.45, 2.75) is 5.33 Å². The molecule has 0 saturated heterocycles. The second kappa shape index (κ2) is 3.93. The van der Waals surface area contributed by atoms with Crippen LogP contribution in [0.1, 0.15) is 15.9 Å². The Balaban J connectivity index is 2.79. The fourth-order valence-corrected chi connectivity index (χ4v) is 2.06. The highest BCUT2D eigenvalue weighted by atomic mass is 79.9. The normalized spacial score (nSPS) is 10.4. The molecule has 0 unspecified atom stereocenters. The number of hydrogen-bond acceptors (Lipinski definition) is 1. The maximum Gasteiger partial charge on any atom is 0.150 e. The van der Waals surface area contributed by atoms with Gasteiger partial charge in [-0.1, -0.05) is 40.2 Å². The molecule has 0 spiro atoms. The molecular weight excluding hydrogens is 240 g/mol. The Morgan fingerprint density at radius 1 is 1.21 bits per heavy atom. The van der Waals surface area contributed by atoms with E-state index in [4.69, 9.17) is 0 Å². The van der Waals surface area contributed by atoms with Crippen molar-refractivity contribution in [1.82, 2.24) is 0 Å². The van der Waals surface area contributed by atoms with Crippen LogP contribution in [0.4, 0.5) is 0 Å². The summed E-state index contributed by atoms with van der Waals surface area (Å²) < 4.78 is 0. The molecule has 70 valence electrons. The molecule has 0 heterocycles. The van der Waals surface area contributed by atoms with Crippen molar-refractivity contribution in [3.05, 3.63) is 47.5 Å². The van der Waals surface area contributed by atoms with Gasteiger partial charge >= 0.3 is 0 Å². The highest BCUT2D eigenvalue weighted by Crippen LogP contribution is 2.22. The first-order valence-electron chi connectivity index (χ1n) is 4.38. The first-order valence-corrected chi connectivity index (χ1v) is 5.50. The third kappa shape index (κ3) is 1.58. The summed E-state index contributed by atoms with van der Waals surface area (Å²) in [6.07, 6.45) is 0.888. The highest BCUT2D eigenvalue weighted by molar-refractivity contribution is 9.08. The number of carbonyl (C=O) groups excluding carboxylic acids is 1. The molecule has 0 atom stereocenters. The molecule has 0 fully saturated rings. The Labute approximate surface area is 90.9 Å². The van der Waals surface area contributed by atoms with Crippen LogP contribution < -0.4 is 0 Å². The summed E-state index contributed by atoms with van der Waals surface area (Å²) in [6.45, 7) is 0. The molecule has 1 nitrogen and oxygen atoms in total. The lowest BCUT2D eigenvalue weighted by Crippen LogP contribution is -1.86. The van der Waals surface area contributed by atoms with Crippen LogP contribution in [-0.4, -0.2) is 6.29 Å². The van der Waals surface area contributed by atoms with Crippen molar-refractivity contribution in [1.29, 1.82) is 0 Å². The molecule has 2 rings (SSSR count). The van der Waals surface area contributed by atoms with Gasteiger partial charge in [-0.05, 0) is 28.5 Å². The van der Waals surface area contributed by atoms with Crippen molar-refractivity contribution >= 4 is 33.0 Å². The van der Waals surface area contributed by atoms with Gasteiger partial charge in [-0.25, -0.2) is 0 Å². The number of benzene rings is 2. The smallest absolute Gasteiger partial charge is 0.150 e. The molecule has 2 aromatic carbocycles. The minimum Gasteiger partial charge on any atom is -0.298 e. The van der Waals surface area contributed by atoms with E-state index in [1.165, 1.54) is 5.39 Å². The summed E-state index contributed by atoms with van der Waals surface area (Å²) >= 11 is 3.43. The first kappa shape index (κ1) is 9.41. The molecule has 0 aromatic heterocycles. The molecular formula is C12H9BrO. The molecule has 0 radical (unpaired) electrons. The number of hydrogen-bond donors (Lipinski definition) is 0. The van der Waals surface area contributed by atoms with Gasteiger partial charge < -0.3 is 0 Å². The summed E-state index contributed by atoms with van der Waals surface area (Å²) in [5, 5.41) is 3.09. The molecule has 0 aliphatic heterocycles. The minimum absolute atomic E-state index is 0.734. The van der Waals surface area contributed by atoms with E-state index in [0.29, 0.717) is 0 Å². The molecule has 0 aliphatic carbocycles. The lowest BCUT2D eigenvalue weighted by atomic mass is 10.0. The van der Waals surface area contributed by atoms with Gasteiger partial charge in [-0.2, -0.15) is 0 Å². The number of halogens is 1. The first-order chi connectivity index (χ1) is 6.85. The number of fused-ring (bicyclic) bond motifs is 1. The van der Waals surface area contributed by atoms with E-state index in [1.807, 2.05) is 30.3 Å². The van der Waals surface area contributed by atoms with E-state index in [1.54, 1.807) is 0 Å². The van der Waals surface area contributed by atoms with E-state index in [0.717, 1.165) is 28.1 Å². The summed E-state index contributed by atoms with van der Waals surface area (Å²) in [5.41, 5.74) is 1.89. The van der Waals surface area contributed by atoms with Gasteiger partial charge in [0.2, 0.25) is 0 Å². The zero-order valence-electron chi connectivity index (χ0n) is 7.53. The monoisotopic (exact) mass is 248 g/mol. The summed E-state index contributed by atoms with van der Waals surface area (Å²) in [6, 6.07) is 11.9. The van der Waals surface area contributed by atoms with Gasteiger partial charge in [0.05, 0.1) is 0 Å². The molecule has 0 bridgehead atoms. The Hall–Kier alpha value is -1.15. The Morgan fingerprint density at radius 2 is 2.00 bits per heavy atom. The van der Waals surface area contributed by atoms with E-state index in [9.17, 15) is 4.79 Å². The second-order valence-electron chi connectivity index (χ2n) is 3.15. The van der Waals surface area contributed by atoms with Crippen LogP contribution in [0.15, 0.2) is 36.4 Å². The van der Waals surface area contributed by atoms with Crippen molar-refractivity contribution in [2.75, 3.05) is 0 Å². The predicted molar refractivity (Wildman–Crippen MR) is 62.0 cm³/mol. The van der Waals surface area contributed by atoms with E-state index in [2.05, 4.69) is 22.0 Å². The topological polar surface area (TPSA) is 17.1 Å². The predicted octanol–water partition coefficient (Wildman–Crippen LogP) is 3.55. The zero-order valence-corrected chi connectivity index (χ0v) is 9.12. The lowest BCUT2D eigenvalue weighted by Gasteiger charge is -2.04. The average molecular weight is 249 g/mol. The molecule has 2 aromatic rings. The van der Waals surface area contributed by atoms with Gasteiger partial charge in [0, 0.05) is 10.9 Å². The number of rotatable bonds is 2. The highest BCUT2D eigenvalue weighted by Gasteiger charge is 2.01. The third-order valence-electron chi connectivity index (χ3n) is 2.25. The van der Waals surface area contributed by atoms with E-state index < -0.39 is 0 Å². The largest absolute Gasteiger partial charge is 0.298 e. The van der Waals surface area contributed by atoms with Crippen LogP contribution in [0.25, 0.3) is 10.8 Å². The van der Waals surface area contributed by atoms with Gasteiger partial charge in [-0.3, -0.25) is 4.79 Å². The quantitative estimate of drug-likeness (QED) is 0.587. The Bertz CT molecular complexity index is 477. The van der Waals surface area contributed by atoms with Crippen LogP contribution in [0.3, 0.4) is 0 Å². The van der Waals surface area contributed by atoms with Gasteiger partial charge in [0.1, 0.15) is 6.29 Å². The summed E-state index contributed by atoms with van der Waals surface area (Å²) in [4.78, 5) is 10.7. The Kier molecular flexibility index (Phi) is 2.64. The lowest BCUT2D eigenvalue weighted by molar-refractivity contribution is 0.112. The number of carbonyl (C=O) groups is 1. The maximum atomic E-state index is 10.7. The van der Waals surface area contributed by atoms with Crippen LogP contribution in [0.5, 0.6) is 0 Å². The molecule has 2 heteroatoms. The van der Waals surface area contributed by atoms with Crippen molar-refractivity contribution in [2.24, 2.45) is 0 Å². The molecule has 0 N–H and O–H groups in total. The van der Waals surface area contributed by atoms with Gasteiger partial charge in [0.15, 0.2) is 0 Å². The van der Waals surface area contributed by atoms with E-state index in [-0.39, 0.29) is 0 Å². The van der Waals surface area contributed by atoms with Crippen LogP contribution in [0, 0.1) is 0 Å². The van der Waals surface area contributed by atoms with Crippen LogP contribution in [0.2, 0.25) is 0 Å². The van der Waals surface area contributed by atoms with Crippen LogP contribution in [-0.2, 0) is 5.33 Å². The van der Waals surface area contributed by atoms with Gasteiger partial charge in [0.25, 0.3) is 0 Å². The van der Waals surface area contributed by atoms with Crippen molar-refractivity contribution in [3.63, 3.8) is 0 Å². The standard InChI is InChI=1S/C12H9BrO/c13-7-11-6-9(8-14)5-10-3-1-2-4-12(10)11/h1-6,8H,7H2. The molecule has 0 saturated carbocycles. The second-order valence-corrected chi connectivity index (χ2v) is 3.71. The average Bonchev–Trinajstić information content (AvgIpc) is 2.27. The SMILES string of the molecule is O=Cc1cc(CBr)c2ccccc2c1. The number of aldehydes is 1. The Morgan fingerprint density at radius 3 is 2.71 bits per heavy atom. The van der Waals surface area contributed by atoms with Crippen molar-refractivity contribution < 1.29 is 4.79 Å². The maximum absolute atomic E-state index is 10.7. The molecule has 0 aliphatic rings. The number of alkyl halides is 1. The third-order valence-corrected chi connectivity index (χ3v) is 2.85. The van der Waals surface area contributed by atoms with Crippen molar-refractivity contribution in [3.8, 4) is 0 Å². The fourth-order valence-electron chi connectivity index (χ4n) is 1.59. The van der Waals surface area contributed by atoms with Crippen LogP contribution >= 0.6 is 15.9 Å². The zero-order chi connectivity index (χ0) is 9.97.